The molecule has 0 fully saturated rings. The predicted molar refractivity (Wildman–Crippen MR) is 79.0 cm³/mol. The monoisotopic (exact) mass is 313 g/mol. The van der Waals surface area contributed by atoms with Crippen LogP contribution >= 0.6 is 11.3 Å². The number of primary amides is 1. The minimum atomic E-state index is -1.18. The molecule has 1 aromatic rings. The first-order chi connectivity index (χ1) is 9.90. The van der Waals surface area contributed by atoms with Gasteiger partial charge in [0.05, 0.1) is 0 Å². The Balaban J connectivity index is 2.43. The van der Waals surface area contributed by atoms with Crippen molar-refractivity contribution in [2.24, 2.45) is 5.73 Å². The van der Waals surface area contributed by atoms with Crippen molar-refractivity contribution < 1.29 is 19.5 Å². The molecule has 1 heterocycles. The van der Waals surface area contributed by atoms with Crippen molar-refractivity contribution in [3.05, 3.63) is 22.4 Å². The Morgan fingerprint density at radius 3 is 2.71 bits per heavy atom. The van der Waals surface area contributed by atoms with Crippen molar-refractivity contribution in [3.63, 3.8) is 0 Å². The van der Waals surface area contributed by atoms with E-state index in [-0.39, 0.29) is 12.8 Å². The number of nitrogens with one attached hydrogen (secondary N) is 1. The number of nitrogens with two attached hydrogens (primary N) is 1. The number of likely N-dealkylation sites (N-methyl/N-ethyl adjacent to an activating group) is 1. The lowest BCUT2D eigenvalue weighted by Gasteiger charge is -2.21. The third-order valence-corrected chi connectivity index (χ3v) is 3.83. The van der Waals surface area contributed by atoms with Crippen LogP contribution in [0.15, 0.2) is 17.5 Å². The smallest absolute Gasteiger partial charge is 0.326 e. The first kappa shape index (κ1) is 17.0. The van der Waals surface area contributed by atoms with Crippen molar-refractivity contribution >= 4 is 29.2 Å². The van der Waals surface area contributed by atoms with E-state index in [2.05, 4.69) is 5.32 Å². The molecule has 8 heteroatoms. The van der Waals surface area contributed by atoms with Crippen molar-refractivity contribution in [2.75, 3.05) is 13.6 Å². The van der Waals surface area contributed by atoms with Crippen LogP contribution in [0.5, 0.6) is 0 Å². The Kier molecular flexibility index (Phi) is 6.67. The fraction of sp³-hybridized carbons (Fsp3) is 0.462. The van der Waals surface area contributed by atoms with Crippen LogP contribution < -0.4 is 11.1 Å². The molecule has 1 atom stereocenters. The summed E-state index contributed by atoms with van der Waals surface area (Å²) in [5.41, 5.74) is 4.98. The fourth-order valence-corrected chi connectivity index (χ4v) is 2.34. The second-order valence-corrected chi connectivity index (χ2v) is 5.63. The number of carbonyl (C=O) groups is 3. The lowest BCUT2D eigenvalue weighted by Crippen LogP contribution is -2.47. The second-order valence-electron chi connectivity index (χ2n) is 4.60. The summed E-state index contributed by atoms with van der Waals surface area (Å²) in [6.45, 7) is 0.481. The van der Waals surface area contributed by atoms with E-state index in [0.717, 1.165) is 4.88 Å². The lowest BCUT2D eigenvalue weighted by molar-refractivity contribution is -0.139. The highest BCUT2D eigenvalue weighted by atomic mass is 32.1. The summed E-state index contributed by atoms with van der Waals surface area (Å²) in [6, 6.07) is 2.31. The molecule has 0 aliphatic heterocycles. The van der Waals surface area contributed by atoms with Gasteiger partial charge >= 0.3 is 12.0 Å². The van der Waals surface area contributed by atoms with E-state index in [1.807, 2.05) is 17.5 Å². The maximum atomic E-state index is 11.9. The number of nitrogens with zero attached hydrogens (tertiary/aromatic N) is 1. The van der Waals surface area contributed by atoms with Crippen LogP contribution in [0, 0.1) is 0 Å². The Hall–Kier alpha value is -2.09. The van der Waals surface area contributed by atoms with Gasteiger partial charge in [-0.25, -0.2) is 9.59 Å². The maximum absolute atomic E-state index is 11.9. The van der Waals surface area contributed by atoms with Crippen LogP contribution in [0.1, 0.15) is 17.7 Å². The van der Waals surface area contributed by atoms with Gasteiger partial charge in [0.25, 0.3) is 0 Å². The molecule has 1 rings (SSSR count). The highest BCUT2D eigenvalue weighted by Gasteiger charge is 2.22. The number of thiophene rings is 1. The van der Waals surface area contributed by atoms with Crippen LogP contribution in [-0.4, -0.2) is 47.5 Å². The molecule has 116 valence electrons. The molecule has 0 spiro atoms. The van der Waals surface area contributed by atoms with Crippen molar-refractivity contribution in [1.29, 1.82) is 0 Å². The Labute approximate surface area is 126 Å². The standard InChI is InChI=1S/C13H19N3O4S/c1-16(7-6-9-3-2-8-21-9)13(20)15-10(12(18)19)4-5-11(14)17/h2-3,8,10H,4-7H2,1H3,(H2,14,17)(H,15,20)(H,18,19)/t10-/m1/s1. The molecule has 21 heavy (non-hydrogen) atoms. The minimum Gasteiger partial charge on any atom is -0.480 e. The van der Waals surface area contributed by atoms with Crippen LogP contribution in [0.4, 0.5) is 4.79 Å². The topological polar surface area (TPSA) is 113 Å². The first-order valence-electron chi connectivity index (χ1n) is 6.45. The molecule has 4 N–H and O–H groups in total. The number of carboxylic acid groups (broad SMARTS) is 1. The van der Waals surface area contributed by atoms with Crippen LogP contribution in [0.25, 0.3) is 0 Å². The highest BCUT2D eigenvalue weighted by Crippen LogP contribution is 2.09. The van der Waals surface area contributed by atoms with Crippen molar-refractivity contribution in [1.82, 2.24) is 10.2 Å². The van der Waals surface area contributed by atoms with E-state index in [4.69, 9.17) is 10.8 Å². The largest absolute Gasteiger partial charge is 0.480 e. The summed E-state index contributed by atoms with van der Waals surface area (Å²) in [6.07, 6.45) is 0.603. The fourth-order valence-electron chi connectivity index (χ4n) is 1.64. The van der Waals surface area contributed by atoms with Gasteiger partial charge in [-0.1, -0.05) is 6.07 Å². The zero-order valence-corrected chi connectivity index (χ0v) is 12.6. The molecule has 0 aromatic carbocycles. The molecular formula is C13H19N3O4S. The molecule has 0 aliphatic rings. The number of amides is 3. The van der Waals surface area contributed by atoms with E-state index in [0.29, 0.717) is 13.0 Å². The zero-order valence-electron chi connectivity index (χ0n) is 11.7. The number of carboxylic acids is 1. The van der Waals surface area contributed by atoms with Crippen molar-refractivity contribution in [2.45, 2.75) is 25.3 Å². The third kappa shape index (κ3) is 6.26. The number of hydrogen-bond acceptors (Lipinski definition) is 4. The van der Waals surface area contributed by atoms with E-state index < -0.39 is 23.9 Å². The third-order valence-electron chi connectivity index (χ3n) is 2.90. The summed E-state index contributed by atoms with van der Waals surface area (Å²) in [7, 11) is 1.59. The predicted octanol–water partition coefficient (Wildman–Crippen LogP) is 0.651. The highest BCUT2D eigenvalue weighted by molar-refractivity contribution is 7.09. The van der Waals surface area contributed by atoms with Gasteiger partial charge in [-0.15, -0.1) is 11.3 Å². The number of rotatable bonds is 8. The maximum Gasteiger partial charge on any atom is 0.326 e. The van der Waals surface area contributed by atoms with Gasteiger partial charge in [0.2, 0.25) is 5.91 Å². The molecule has 1 aromatic heterocycles. The Morgan fingerprint density at radius 2 is 2.19 bits per heavy atom. The number of carbonyl (C=O) groups excluding carboxylic acids is 2. The van der Waals surface area contributed by atoms with E-state index in [1.54, 1.807) is 18.4 Å². The number of urea groups is 1. The van der Waals surface area contributed by atoms with Crippen molar-refractivity contribution in [3.8, 4) is 0 Å². The molecule has 0 radical (unpaired) electrons. The van der Waals surface area contributed by atoms with Crippen LogP contribution in [0.2, 0.25) is 0 Å². The summed E-state index contributed by atoms with van der Waals surface area (Å²) < 4.78 is 0. The van der Waals surface area contributed by atoms with Gasteiger partial charge in [0.15, 0.2) is 0 Å². The van der Waals surface area contributed by atoms with E-state index in [1.165, 1.54) is 4.90 Å². The minimum absolute atomic E-state index is 0.0187. The van der Waals surface area contributed by atoms with Crippen LogP contribution in [0.3, 0.4) is 0 Å². The Bertz CT molecular complexity index is 490. The van der Waals surface area contributed by atoms with Gasteiger partial charge in [-0.3, -0.25) is 4.79 Å². The molecule has 0 saturated carbocycles. The summed E-state index contributed by atoms with van der Waals surface area (Å²) in [5, 5.41) is 13.4. The van der Waals surface area contributed by atoms with Gasteiger partial charge in [0, 0.05) is 24.9 Å². The summed E-state index contributed by atoms with van der Waals surface area (Å²) in [4.78, 5) is 36.2. The molecule has 0 bridgehead atoms. The van der Waals surface area contributed by atoms with Gasteiger partial charge in [-0.05, 0) is 24.3 Å². The van der Waals surface area contributed by atoms with Gasteiger partial charge in [-0.2, -0.15) is 0 Å². The summed E-state index contributed by atoms with van der Waals surface area (Å²) in [5.74, 6) is -1.78. The molecule has 0 unspecified atom stereocenters. The van der Waals surface area contributed by atoms with Gasteiger partial charge in [0.1, 0.15) is 6.04 Å². The molecule has 0 aliphatic carbocycles. The average Bonchev–Trinajstić information content (AvgIpc) is 2.93. The van der Waals surface area contributed by atoms with Gasteiger partial charge < -0.3 is 21.1 Å². The van der Waals surface area contributed by atoms with E-state index >= 15 is 0 Å². The average molecular weight is 313 g/mol. The second kappa shape index (κ2) is 8.25. The quantitative estimate of drug-likeness (QED) is 0.654. The normalized spacial score (nSPS) is 11.7. The number of hydrogen-bond donors (Lipinski definition) is 3. The van der Waals surface area contributed by atoms with E-state index in [9.17, 15) is 14.4 Å². The SMILES string of the molecule is CN(CCc1cccs1)C(=O)N[C@H](CCC(N)=O)C(=O)O. The lowest BCUT2D eigenvalue weighted by atomic mass is 10.1. The number of aliphatic carboxylic acids is 1. The van der Waals surface area contributed by atoms with Crippen LogP contribution in [-0.2, 0) is 16.0 Å². The Morgan fingerprint density at radius 1 is 1.48 bits per heavy atom. The first-order valence-corrected chi connectivity index (χ1v) is 7.33. The zero-order chi connectivity index (χ0) is 15.8. The summed E-state index contributed by atoms with van der Waals surface area (Å²) >= 11 is 1.60. The molecular weight excluding hydrogens is 294 g/mol. The molecule has 7 nitrogen and oxygen atoms in total. The molecule has 3 amide bonds. The molecule has 0 saturated heterocycles.